The van der Waals surface area contributed by atoms with Crippen LogP contribution in [0.15, 0.2) is 30.9 Å². The Kier molecular flexibility index (Phi) is 5.53. The lowest BCUT2D eigenvalue weighted by Crippen LogP contribution is -2.45. The van der Waals surface area contributed by atoms with Crippen molar-refractivity contribution in [3.05, 3.63) is 42.2 Å². The van der Waals surface area contributed by atoms with E-state index >= 15 is 0 Å². The number of anilines is 1. The number of imidazole rings is 1. The van der Waals surface area contributed by atoms with Gasteiger partial charge in [0.25, 0.3) is 5.91 Å². The molecule has 2 aliphatic rings. The normalized spacial score (nSPS) is 21.6. The third-order valence-corrected chi connectivity index (χ3v) is 6.60. The van der Waals surface area contributed by atoms with E-state index in [1.165, 1.54) is 32.1 Å². The Labute approximate surface area is 181 Å². The summed E-state index contributed by atoms with van der Waals surface area (Å²) in [6, 6.07) is 5.92. The van der Waals surface area contributed by atoms with Gasteiger partial charge >= 0.3 is 0 Å². The van der Waals surface area contributed by atoms with E-state index in [0.717, 1.165) is 48.0 Å². The predicted molar refractivity (Wildman–Crippen MR) is 119 cm³/mol. The molecule has 31 heavy (non-hydrogen) atoms. The van der Waals surface area contributed by atoms with Gasteiger partial charge in [-0.1, -0.05) is 25.3 Å². The Bertz CT molecular complexity index is 1070. The van der Waals surface area contributed by atoms with Gasteiger partial charge in [-0.3, -0.25) is 4.79 Å². The summed E-state index contributed by atoms with van der Waals surface area (Å²) in [5.74, 6) is 1.43. The lowest BCUT2D eigenvalue weighted by molar-refractivity contribution is 0.0889. The molecule has 1 amide bonds. The first-order valence-electron chi connectivity index (χ1n) is 11.3. The first-order chi connectivity index (χ1) is 15.2. The third kappa shape index (κ3) is 4.24. The molecule has 0 saturated heterocycles. The van der Waals surface area contributed by atoms with Crippen LogP contribution in [0.4, 0.5) is 5.82 Å². The fourth-order valence-electron chi connectivity index (χ4n) is 4.74. The molecule has 3 aromatic heterocycles. The van der Waals surface area contributed by atoms with Gasteiger partial charge in [0.1, 0.15) is 17.5 Å². The number of hydrogen-bond acceptors (Lipinski definition) is 6. The van der Waals surface area contributed by atoms with Crippen LogP contribution in [0, 0.1) is 12.8 Å². The molecule has 8 heteroatoms. The van der Waals surface area contributed by atoms with Crippen LogP contribution in [-0.2, 0) is 0 Å². The van der Waals surface area contributed by atoms with Crippen molar-refractivity contribution in [2.24, 2.45) is 5.92 Å². The molecule has 2 saturated carbocycles. The second-order valence-corrected chi connectivity index (χ2v) is 8.89. The van der Waals surface area contributed by atoms with Crippen LogP contribution in [0.25, 0.3) is 11.2 Å². The highest BCUT2D eigenvalue weighted by molar-refractivity contribution is 5.92. The summed E-state index contributed by atoms with van der Waals surface area (Å²) < 4.78 is 2.12. The van der Waals surface area contributed by atoms with E-state index in [1.54, 1.807) is 12.4 Å². The van der Waals surface area contributed by atoms with E-state index in [2.05, 4.69) is 35.1 Å². The minimum absolute atomic E-state index is 0.112. The fourth-order valence-corrected chi connectivity index (χ4v) is 4.74. The Morgan fingerprint density at radius 3 is 2.77 bits per heavy atom. The van der Waals surface area contributed by atoms with Crippen LogP contribution in [0.5, 0.6) is 0 Å². The molecule has 0 aliphatic heterocycles. The molecular weight excluding hydrogens is 390 g/mol. The minimum atomic E-state index is -0.112. The molecule has 3 heterocycles. The van der Waals surface area contributed by atoms with Gasteiger partial charge in [0.15, 0.2) is 11.5 Å². The van der Waals surface area contributed by atoms with Gasteiger partial charge in [0, 0.05) is 24.3 Å². The number of fused-ring (bicyclic) bond motifs is 1. The van der Waals surface area contributed by atoms with Crippen molar-refractivity contribution in [1.82, 2.24) is 29.8 Å². The Hall–Kier alpha value is -3.03. The lowest BCUT2D eigenvalue weighted by atomic mass is 9.86. The number of aromatic nitrogens is 5. The summed E-state index contributed by atoms with van der Waals surface area (Å²) in [6.07, 6.45) is 11.8. The fraction of sp³-hybridized carbons (Fsp3) is 0.522. The number of pyridine rings is 1. The van der Waals surface area contributed by atoms with Crippen molar-refractivity contribution in [2.75, 3.05) is 11.9 Å². The quantitative estimate of drug-likeness (QED) is 0.633. The molecule has 5 rings (SSSR count). The van der Waals surface area contributed by atoms with Crippen LogP contribution in [0.3, 0.4) is 0 Å². The number of amides is 1. The van der Waals surface area contributed by atoms with Crippen LogP contribution >= 0.6 is 0 Å². The highest BCUT2D eigenvalue weighted by atomic mass is 16.1. The maximum Gasteiger partial charge on any atom is 0.270 e. The zero-order chi connectivity index (χ0) is 21.2. The number of nitrogens with zero attached hydrogens (tertiary/aromatic N) is 5. The van der Waals surface area contributed by atoms with Crippen molar-refractivity contribution in [2.45, 2.75) is 64.0 Å². The monoisotopic (exact) mass is 419 g/mol. The third-order valence-electron chi connectivity index (χ3n) is 6.60. The maximum atomic E-state index is 12.4. The lowest BCUT2D eigenvalue weighted by Gasteiger charge is -2.36. The number of carbonyl (C=O) groups is 1. The zero-order valence-electron chi connectivity index (χ0n) is 17.9. The highest BCUT2D eigenvalue weighted by Crippen LogP contribution is 2.35. The molecule has 2 N–H and O–H groups in total. The Morgan fingerprint density at radius 2 is 1.97 bits per heavy atom. The Balaban J connectivity index is 1.21. The molecule has 0 bridgehead atoms. The van der Waals surface area contributed by atoms with Crippen molar-refractivity contribution >= 4 is 22.9 Å². The largest absolute Gasteiger partial charge is 0.368 e. The molecule has 0 aromatic carbocycles. The average Bonchev–Trinajstić information content (AvgIpc) is 3.19. The maximum absolute atomic E-state index is 12.4. The molecule has 0 atom stereocenters. The van der Waals surface area contributed by atoms with Crippen molar-refractivity contribution in [3.63, 3.8) is 0 Å². The predicted octanol–water partition coefficient (Wildman–Crippen LogP) is 3.66. The summed E-state index contributed by atoms with van der Waals surface area (Å²) in [4.78, 5) is 30.3. The number of carbonyl (C=O) groups excluding carboxylic acids is 1. The summed E-state index contributed by atoms with van der Waals surface area (Å²) in [5, 5.41) is 6.60. The smallest absolute Gasteiger partial charge is 0.270 e. The van der Waals surface area contributed by atoms with Crippen molar-refractivity contribution < 1.29 is 4.79 Å². The number of hydrogen-bond donors (Lipinski definition) is 2. The first-order valence-corrected chi connectivity index (χ1v) is 11.3. The zero-order valence-corrected chi connectivity index (χ0v) is 17.9. The van der Waals surface area contributed by atoms with E-state index in [0.29, 0.717) is 5.69 Å². The van der Waals surface area contributed by atoms with Crippen LogP contribution in [0.2, 0.25) is 0 Å². The molecule has 3 aromatic rings. The summed E-state index contributed by atoms with van der Waals surface area (Å²) in [6.45, 7) is 2.84. The van der Waals surface area contributed by atoms with Crippen LogP contribution < -0.4 is 10.6 Å². The van der Waals surface area contributed by atoms with E-state index in [-0.39, 0.29) is 18.0 Å². The van der Waals surface area contributed by atoms with E-state index in [1.807, 2.05) is 25.4 Å². The van der Waals surface area contributed by atoms with Gasteiger partial charge in [-0.2, -0.15) is 0 Å². The summed E-state index contributed by atoms with van der Waals surface area (Å²) in [7, 11) is 0. The second kappa shape index (κ2) is 8.61. The average molecular weight is 420 g/mol. The van der Waals surface area contributed by atoms with Gasteiger partial charge in [-0.05, 0) is 50.7 Å². The molecule has 0 spiro atoms. The number of rotatable bonds is 6. The summed E-state index contributed by atoms with van der Waals surface area (Å²) in [5.41, 5.74) is 3.00. The molecule has 2 fully saturated rings. The highest BCUT2D eigenvalue weighted by Gasteiger charge is 2.33. The van der Waals surface area contributed by atoms with E-state index in [9.17, 15) is 4.79 Å². The van der Waals surface area contributed by atoms with Gasteiger partial charge in [-0.15, -0.1) is 0 Å². The second-order valence-electron chi connectivity index (χ2n) is 8.89. The van der Waals surface area contributed by atoms with E-state index in [4.69, 9.17) is 0 Å². The molecule has 8 nitrogen and oxygen atoms in total. The standard InChI is InChI=1S/C23H29N7O/c1-15-6-5-9-19(28-15)23(31)29-17-10-18(11-17)30-14-27-20-21(25-13-26-22(20)30)24-12-16-7-3-2-4-8-16/h5-6,9,13-14,16-18H,2-4,7-8,10-12H2,1H3,(H,29,31)(H,24,25,26). The Morgan fingerprint density at radius 1 is 1.13 bits per heavy atom. The SMILES string of the molecule is Cc1cccc(C(=O)NC2CC(n3cnc4c(NCC5CCCCC5)ncnc43)C2)n1. The van der Waals surface area contributed by atoms with Gasteiger partial charge in [0.2, 0.25) is 0 Å². The van der Waals surface area contributed by atoms with Crippen LogP contribution in [-0.4, -0.2) is 43.0 Å². The summed E-state index contributed by atoms with van der Waals surface area (Å²) >= 11 is 0. The topological polar surface area (TPSA) is 97.6 Å². The molecular formula is C23H29N7O. The van der Waals surface area contributed by atoms with Gasteiger partial charge in [-0.25, -0.2) is 19.9 Å². The van der Waals surface area contributed by atoms with Gasteiger partial charge in [0.05, 0.1) is 6.33 Å². The molecule has 162 valence electrons. The molecule has 2 aliphatic carbocycles. The van der Waals surface area contributed by atoms with Gasteiger partial charge < -0.3 is 15.2 Å². The molecule has 0 unspecified atom stereocenters. The van der Waals surface area contributed by atoms with E-state index < -0.39 is 0 Å². The van der Waals surface area contributed by atoms with Crippen LogP contribution in [0.1, 0.15) is 67.2 Å². The van der Waals surface area contributed by atoms with Crippen molar-refractivity contribution in [3.8, 4) is 0 Å². The van der Waals surface area contributed by atoms with Crippen molar-refractivity contribution in [1.29, 1.82) is 0 Å². The number of aryl methyl sites for hydroxylation is 1. The first kappa shape index (κ1) is 19.9. The number of nitrogens with one attached hydrogen (secondary N) is 2. The molecule has 0 radical (unpaired) electrons. The minimum Gasteiger partial charge on any atom is -0.368 e.